The maximum absolute atomic E-state index is 13.3. The number of thiophene rings is 1. The molecule has 2 aliphatic rings. The van der Waals surface area contributed by atoms with E-state index in [-0.39, 0.29) is 23.8 Å². The van der Waals surface area contributed by atoms with Gasteiger partial charge in [-0.2, -0.15) is 5.26 Å². The number of carbonyl (C=O) groups excluding carboxylic acids is 2. The molecule has 3 N–H and O–H groups in total. The first-order chi connectivity index (χ1) is 14.3. The molecule has 3 amide bonds. The van der Waals surface area contributed by atoms with Gasteiger partial charge >= 0.3 is 6.03 Å². The number of rotatable bonds is 5. The quantitative estimate of drug-likeness (QED) is 0.686. The fourth-order valence-electron chi connectivity index (χ4n) is 4.73. The van der Waals surface area contributed by atoms with Gasteiger partial charge in [0.05, 0.1) is 18.2 Å². The number of likely N-dealkylation sites (tertiary alicyclic amines) is 1. The number of hydrogen-bond donors (Lipinski definition) is 2. The monoisotopic (exact) mass is 432 g/mol. The Hall–Kier alpha value is -2.15. The molecule has 0 radical (unpaired) electrons. The topological polar surface area (TPSA) is 106 Å². The molecule has 3 atom stereocenters. The van der Waals surface area contributed by atoms with E-state index in [0.717, 1.165) is 31.2 Å². The van der Waals surface area contributed by atoms with Crippen LogP contribution in [0.3, 0.4) is 0 Å². The van der Waals surface area contributed by atoms with E-state index < -0.39 is 0 Å². The van der Waals surface area contributed by atoms with Crippen LogP contribution in [0.1, 0.15) is 35.8 Å². The number of nitrogens with zero attached hydrogens (tertiary/aromatic N) is 4. The van der Waals surface area contributed by atoms with Crippen molar-refractivity contribution in [3.63, 3.8) is 0 Å². The number of anilines is 1. The first-order valence-corrected chi connectivity index (χ1v) is 11.3. The molecule has 2 heterocycles. The summed E-state index contributed by atoms with van der Waals surface area (Å²) in [4.78, 5) is 32.6. The van der Waals surface area contributed by atoms with E-state index in [9.17, 15) is 14.9 Å². The van der Waals surface area contributed by atoms with Crippen LogP contribution in [0.2, 0.25) is 0 Å². The zero-order valence-electron chi connectivity index (χ0n) is 18.3. The highest BCUT2D eigenvalue weighted by Gasteiger charge is 2.43. The Kier molecular flexibility index (Phi) is 7.01. The van der Waals surface area contributed by atoms with Crippen molar-refractivity contribution >= 4 is 28.3 Å². The third-order valence-electron chi connectivity index (χ3n) is 6.15. The molecule has 1 fully saturated rings. The van der Waals surface area contributed by atoms with Gasteiger partial charge in [-0.1, -0.05) is 6.92 Å². The van der Waals surface area contributed by atoms with Crippen LogP contribution in [0.5, 0.6) is 0 Å². The molecule has 164 valence electrons. The Morgan fingerprint density at radius 2 is 2.10 bits per heavy atom. The third kappa shape index (κ3) is 4.46. The zero-order valence-corrected chi connectivity index (χ0v) is 19.1. The molecule has 9 heteroatoms. The fraction of sp³-hybridized carbons (Fsp3) is 0.667. The van der Waals surface area contributed by atoms with Gasteiger partial charge in [-0.05, 0) is 58.3 Å². The van der Waals surface area contributed by atoms with Crippen molar-refractivity contribution in [2.45, 2.75) is 38.6 Å². The van der Waals surface area contributed by atoms with Crippen LogP contribution in [0.15, 0.2) is 0 Å². The van der Waals surface area contributed by atoms with Crippen LogP contribution in [-0.2, 0) is 17.6 Å². The molecule has 1 saturated heterocycles. The molecular weight excluding hydrogens is 400 g/mol. The summed E-state index contributed by atoms with van der Waals surface area (Å²) >= 11 is 1.53. The summed E-state index contributed by atoms with van der Waals surface area (Å²) < 4.78 is 0. The maximum Gasteiger partial charge on any atom is 0.325 e. The number of nitriles is 1. The Bertz CT molecular complexity index is 845. The average molecular weight is 433 g/mol. The molecule has 30 heavy (non-hydrogen) atoms. The number of nitrogens with two attached hydrogens (primary N) is 1. The van der Waals surface area contributed by atoms with Crippen molar-refractivity contribution < 1.29 is 9.59 Å². The Balaban J connectivity index is 1.76. The predicted molar refractivity (Wildman–Crippen MR) is 118 cm³/mol. The van der Waals surface area contributed by atoms with Gasteiger partial charge in [-0.15, -0.1) is 11.3 Å². The number of carbonyl (C=O) groups is 2. The van der Waals surface area contributed by atoms with Gasteiger partial charge in [0.1, 0.15) is 11.1 Å². The van der Waals surface area contributed by atoms with Crippen LogP contribution < -0.4 is 11.1 Å². The Labute approximate surface area is 182 Å². The van der Waals surface area contributed by atoms with E-state index in [2.05, 4.69) is 23.3 Å². The van der Waals surface area contributed by atoms with Crippen molar-refractivity contribution in [3.8, 4) is 6.07 Å². The summed E-state index contributed by atoms with van der Waals surface area (Å²) in [7, 11) is 5.79. The lowest BCUT2D eigenvalue weighted by Crippen LogP contribution is -2.55. The van der Waals surface area contributed by atoms with E-state index in [1.807, 2.05) is 25.9 Å². The van der Waals surface area contributed by atoms with Crippen LogP contribution in [0, 0.1) is 23.2 Å². The van der Waals surface area contributed by atoms with Crippen LogP contribution in [-0.4, -0.2) is 73.6 Å². The number of piperidine rings is 1. The normalized spacial score (nSPS) is 23.4. The molecule has 1 aliphatic carbocycles. The van der Waals surface area contributed by atoms with Gasteiger partial charge in [0.15, 0.2) is 0 Å². The number of fused-ring (bicyclic) bond motifs is 2. The minimum absolute atomic E-state index is 0.102. The largest absolute Gasteiger partial charge is 0.389 e. The number of nitrogen functional groups attached to an aromatic ring is 1. The second-order valence-electron chi connectivity index (χ2n) is 8.67. The standard InChI is InChI=1S/C21H32N6O2S/c1-5-6-27(21(29)24-12-25(2)3)20(28)14-7-13-8-15-16(10-22)19(23)30-18(15)9-17(13)26(4)11-14/h13-14,17H,5-9,11-12,23H2,1-4H3,(H,24,29)/t13-,14-,17-/m1/s1. The van der Waals surface area contributed by atoms with E-state index in [4.69, 9.17) is 5.73 Å². The molecule has 0 bridgehead atoms. The third-order valence-corrected chi connectivity index (χ3v) is 7.23. The highest BCUT2D eigenvalue weighted by Crippen LogP contribution is 2.42. The van der Waals surface area contributed by atoms with Crippen molar-refractivity contribution in [1.82, 2.24) is 20.0 Å². The van der Waals surface area contributed by atoms with Gasteiger partial charge < -0.3 is 16.0 Å². The van der Waals surface area contributed by atoms with Crippen LogP contribution in [0.4, 0.5) is 9.80 Å². The van der Waals surface area contributed by atoms with Gasteiger partial charge in [-0.25, -0.2) is 4.79 Å². The molecule has 1 aromatic rings. The van der Waals surface area contributed by atoms with Gasteiger partial charge in [0.25, 0.3) is 0 Å². The molecule has 8 nitrogen and oxygen atoms in total. The molecule has 1 aromatic heterocycles. The molecular formula is C21H32N6O2S. The number of hydrogen-bond acceptors (Lipinski definition) is 7. The zero-order chi connectivity index (χ0) is 22.0. The lowest BCUT2D eigenvalue weighted by Gasteiger charge is -2.45. The summed E-state index contributed by atoms with van der Waals surface area (Å²) in [5.41, 5.74) is 7.74. The lowest BCUT2D eigenvalue weighted by molar-refractivity contribution is -0.136. The van der Waals surface area contributed by atoms with E-state index in [1.54, 1.807) is 0 Å². The SMILES string of the molecule is CCCN(C(=O)NCN(C)C)C(=O)[C@@H]1C[C@@H]2Cc3c(sc(N)c3C#N)C[C@H]2N(C)C1. The molecule has 0 saturated carbocycles. The minimum atomic E-state index is -0.330. The number of imide groups is 1. The molecule has 3 rings (SSSR count). The summed E-state index contributed by atoms with van der Waals surface area (Å²) in [6.07, 6.45) is 3.09. The van der Waals surface area contributed by atoms with Gasteiger partial charge in [0.2, 0.25) is 5.91 Å². The van der Waals surface area contributed by atoms with Crippen LogP contribution >= 0.6 is 11.3 Å². The summed E-state index contributed by atoms with van der Waals surface area (Å²) in [6, 6.07) is 2.27. The number of likely N-dealkylation sites (N-methyl/N-ethyl adjacent to an activating group) is 1. The number of amides is 3. The molecule has 0 aromatic carbocycles. The lowest BCUT2D eigenvalue weighted by atomic mass is 9.74. The second-order valence-corrected chi connectivity index (χ2v) is 9.81. The first kappa shape index (κ1) is 22.5. The minimum Gasteiger partial charge on any atom is -0.389 e. The summed E-state index contributed by atoms with van der Waals surface area (Å²) in [5.74, 6) is -0.0508. The highest BCUT2D eigenvalue weighted by atomic mass is 32.1. The van der Waals surface area contributed by atoms with Crippen LogP contribution in [0.25, 0.3) is 0 Å². The van der Waals surface area contributed by atoms with Crippen molar-refractivity contribution in [2.75, 3.05) is 46.6 Å². The highest BCUT2D eigenvalue weighted by molar-refractivity contribution is 7.16. The smallest absolute Gasteiger partial charge is 0.325 e. The van der Waals surface area contributed by atoms with Crippen molar-refractivity contribution in [1.29, 1.82) is 5.26 Å². The first-order valence-electron chi connectivity index (χ1n) is 10.5. The molecule has 0 unspecified atom stereocenters. The Morgan fingerprint density at radius 1 is 1.37 bits per heavy atom. The van der Waals surface area contributed by atoms with E-state index in [0.29, 0.717) is 36.4 Å². The summed E-state index contributed by atoms with van der Waals surface area (Å²) in [5, 5.41) is 12.9. The number of nitrogens with one attached hydrogen (secondary N) is 1. The molecule has 0 spiro atoms. The maximum atomic E-state index is 13.3. The van der Waals surface area contributed by atoms with E-state index in [1.165, 1.54) is 21.1 Å². The van der Waals surface area contributed by atoms with Crippen molar-refractivity contribution in [3.05, 3.63) is 16.0 Å². The molecule has 1 aliphatic heterocycles. The van der Waals surface area contributed by atoms with E-state index >= 15 is 0 Å². The van der Waals surface area contributed by atoms with Crippen molar-refractivity contribution in [2.24, 2.45) is 11.8 Å². The summed E-state index contributed by atoms with van der Waals surface area (Å²) in [6.45, 7) is 3.41. The average Bonchev–Trinajstić information content (AvgIpc) is 3.02. The number of urea groups is 1. The second kappa shape index (κ2) is 9.33. The van der Waals surface area contributed by atoms with Gasteiger partial charge in [-0.3, -0.25) is 14.6 Å². The fourth-order valence-corrected chi connectivity index (χ4v) is 5.83. The van der Waals surface area contributed by atoms with Gasteiger partial charge in [0, 0.05) is 24.0 Å². The Morgan fingerprint density at radius 3 is 2.73 bits per heavy atom. The predicted octanol–water partition coefficient (Wildman–Crippen LogP) is 1.70.